The summed E-state index contributed by atoms with van der Waals surface area (Å²) in [6.07, 6.45) is 0. The van der Waals surface area contributed by atoms with Gasteiger partial charge in [0.2, 0.25) is 0 Å². The SMILES string of the molecule is Cc1cc(CNc2cc(F)c(F)cc2F)n(C)n1. The van der Waals surface area contributed by atoms with Gasteiger partial charge in [0.05, 0.1) is 23.6 Å². The molecule has 0 amide bonds. The van der Waals surface area contributed by atoms with Gasteiger partial charge < -0.3 is 5.32 Å². The fourth-order valence-corrected chi connectivity index (χ4v) is 1.67. The zero-order chi connectivity index (χ0) is 13.3. The number of halogens is 3. The van der Waals surface area contributed by atoms with Crippen molar-refractivity contribution in [1.82, 2.24) is 9.78 Å². The first-order chi connectivity index (χ1) is 8.47. The average Bonchev–Trinajstić information content (AvgIpc) is 2.61. The van der Waals surface area contributed by atoms with E-state index in [1.54, 1.807) is 11.7 Å². The second-order valence-corrected chi connectivity index (χ2v) is 4.00. The first-order valence-electron chi connectivity index (χ1n) is 5.35. The van der Waals surface area contributed by atoms with Crippen molar-refractivity contribution >= 4 is 5.69 Å². The Bertz CT molecular complexity index is 578. The second-order valence-electron chi connectivity index (χ2n) is 4.00. The lowest BCUT2D eigenvalue weighted by atomic mass is 10.2. The molecule has 0 fully saturated rings. The molecule has 6 heteroatoms. The highest BCUT2D eigenvalue weighted by atomic mass is 19.2. The summed E-state index contributed by atoms with van der Waals surface area (Å²) in [7, 11) is 1.76. The van der Waals surface area contributed by atoms with Gasteiger partial charge in [-0.05, 0) is 13.0 Å². The lowest BCUT2D eigenvalue weighted by molar-refractivity contribution is 0.496. The highest BCUT2D eigenvalue weighted by Gasteiger charge is 2.10. The smallest absolute Gasteiger partial charge is 0.161 e. The zero-order valence-electron chi connectivity index (χ0n) is 9.97. The molecule has 0 saturated carbocycles. The molecule has 0 aliphatic heterocycles. The Labute approximate surface area is 102 Å². The molecular weight excluding hydrogens is 243 g/mol. The van der Waals surface area contributed by atoms with Crippen LogP contribution in [0.5, 0.6) is 0 Å². The summed E-state index contributed by atoms with van der Waals surface area (Å²) in [5, 5.41) is 6.84. The Morgan fingerprint density at radius 3 is 2.39 bits per heavy atom. The van der Waals surface area contributed by atoms with E-state index in [1.807, 2.05) is 13.0 Å². The number of benzene rings is 1. The van der Waals surface area contributed by atoms with Crippen LogP contribution in [0.25, 0.3) is 0 Å². The van der Waals surface area contributed by atoms with Crippen molar-refractivity contribution in [3.8, 4) is 0 Å². The Kier molecular flexibility index (Phi) is 3.27. The number of aromatic nitrogens is 2. The van der Waals surface area contributed by atoms with Gasteiger partial charge >= 0.3 is 0 Å². The van der Waals surface area contributed by atoms with Gasteiger partial charge in [0.15, 0.2) is 11.6 Å². The fourth-order valence-electron chi connectivity index (χ4n) is 1.67. The molecule has 0 atom stereocenters. The van der Waals surface area contributed by atoms with Crippen molar-refractivity contribution < 1.29 is 13.2 Å². The highest BCUT2D eigenvalue weighted by Crippen LogP contribution is 2.19. The van der Waals surface area contributed by atoms with Gasteiger partial charge in [-0.3, -0.25) is 4.68 Å². The van der Waals surface area contributed by atoms with Crippen LogP contribution in [0.15, 0.2) is 18.2 Å². The van der Waals surface area contributed by atoms with E-state index in [-0.39, 0.29) is 12.2 Å². The molecule has 0 aliphatic rings. The summed E-state index contributed by atoms with van der Waals surface area (Å²) < 4.78 is 40.7. The molecule has 1 heterocycles. The molecule has 2 rings (SSSR count). The number of hydrogen-bond acceptors (Lipinski definition) is 2. The van der Waals surface area contributed by atoms with Crippen LogP contribution < -0.4 is 5.32 Å². The Balaban J connectivity index is 2.15. The van der Waals surface area contributed by atoms with Gasteiger partial charge in [-0.15, -0.1) is 0 Å². The molecule has 1 N–H and O–H groups in total. The fraction of sp³-hybridized carbons (Fsp3) is 0.250. The summed E-state index contributed by atoms with van der Waals surface area (Å²) in [5.74, 6) is -3.11. The van der Waals surface area contributed by atoms with Crippen molar-refractivity contribution in [1.29, 1.82) is 0 Å². The van der Waals surface area contributed by atoms with Crippen molar-refractivity contribution in [3.05, 3.63) is 47.0 Å². The van der Waals surface area contributed by atoms with Crippen LogP contribution in [0.4, 0.5) is 18.9 Å². The van der Waals surface area contributed by atoms with Crippen LogP contribution >= 0.6 is 0 Å². The summed E-state index contributed by atoms with van der Waals surface area (Å²) in [5.41, 5.74) is 1.57. The maximum atomic E-state index is 13.3. The van der Waals surface area contributed by atoms with E-state index < -0.39 is 17.5 Å². The predicted octanol–water partition coefficient (Wildman–Crippen LogP) is 2.76. The van der Waals surface area contributed by atoms with Crippen LogP contribution in [0.3, 0.4) is 0 Å². The molecule has 0 aliphatic carbocycles. The second kappa shape index (κ2) is 4.72. The van der Waals surface area contributed by atoms with Crippen LogP contribution in [0.2, 0.25) is 0 Å². The van der Waals surface area contributed by atoms with Gasteiger partial charge in [-0.1, -0.05) is 0 Å². The number of rotatable bonds is 3. The minimum Gasteiger partial charge on any atom is -0.377 e. The third-order valence-corrected chi connectivity index (χ3v) is 2.57. The molecule has 3 nitrogen and oxygen atoms in total. The first-order valence-corrected chi connectivity index (χ1v) is 5.35. The molecule has 0 unspecified atom stereocenters. The molecule has 0 bridgehead atoms. The van der Waals surface area contributed by atoms with E-state index in [0.29, 0.717) is 6.07 Å². The lowest BCUT2D eigenvalue weighted by Gasteiger charge is -2.08. The van der Waals surface area contributed by atoms with E-state index in [9.17, 15) is 13.2 Å². The minimum atomic E-state index is -1.20. The Morgan fingerprint density at radius 1 is 1.11 bits per heavy atom. The van der Waals surface area contributed by atoms with E-state index in [2.05, 4.69) is 10.4 Å². The van der Waals surface area contributed by atoms with Gasteiger partial charge in [0, 0.05) is 19.2 Å². The molecule has 1 aromatic heterocycles. The largest absolute Gasteiger partial charge is 0.377 e. The molecule has 1 aromatic carbocycles. The van der Waals surface area contributed by atoms with Crippen LogP contribution in [-0.2, 0) is 13.6 Å². The summed E-state index contributed by atoms with van der Waals surface area (Å²) >= 11 is 0. The minimum absolute atomic E-state index is 0.0762. The molecule has 0 radical (unpaired) electrons. The summed E-state index contributed by atoms with van der Waals surface area (Å²) in [6.45, 7) is 2.11. The van der Waals surface area contributed by atoms with Crippen molar-refractivity contribution in [3.63, 3.8) is 0 Å². The number of hydrogen-bond donors (Lipinski definition) is 1. The number of anilines is 1. The Hall–Kier alpha value is -1.98. The average molecular weight is 255 g/mol. The van der Waals surface area contributed by atoms with Crippen molar-refractivity contribution in [2.75, 3.05) is 5.32 Å². The topological polar surface area (TPSA) is 29.9 Å². The summed E-state index contributed by atoms with van der Waals surface area (Å²) in [4.78, 5) is 0. The normalized spacial score (nSPS) is 10.7. The third kappa shape index (κ3) is 2.47. The van der Waals surface area contributed by atoms with Gasteiger partial charge in [0.25, 0.3) is 0 Å². The first kappa shape index (κ1) is 12.5. The zero-order valence-corrected chi connectivity index (χ0v) is 9.97. The van der Waals surface area contributed by atoms with E-state index in [0.717, 1.165) is 17.5 Å². The maximum absolute atomic E-state index is 13.3. The van der Waals surface area contributed by atoms with Crippen LogP contribution in [-0.4, -0.2) is 9.78 Å². The van der Waals surface area contributed by atoms with Gasteiger partial charge in [-0.25, -0.2) is 13.2 Å². The standard InChI is InChI=1S/C12H12F3N3/c1-7-3-8(18(2)17-7)6-16-12-5-10(14)9(13)4-11(12)15/h3-5,16H,6H2,1-2H3. The van der Waals surface area contributed by atoms with E-state index >= 15 is 0 Å². The lowest BCUT2D eigenvalue weighted by Crippen LogP contribution is -2.07. The molecule has 0 saturated heterocycles. The molecular formula is C12H12F3N3. The van der Waals surface area contributed by atoms with Gasteiger partial charge in [0.1, 0.15) is 5.82 Å². The number of nitrogens with zero attached hydrogens (tertiary/aromatic N) is 2. The number of nitrogens with one attached hydrogen (secondary N) is 1. The third-order valence-electron chi connectivity index (χ3n) is 2.57. The Morgan fingerprint density at radius 2 is 1.78 bits per heavy atom. The van der Waals surface area contributed by atoms with E-state index in [1.165, 1.54) is 0 Å². The number of aryl methyl sites for hydroxylation is 2. The van der Waals surface area contributed by atoms with Crippen molar-refractivity contribution in [2.24, 2.45) is 7.05 Å². The van der Waals surface area contributed by atoms with Gasteiger partial charge in [-0.2, -0.15) is 5.10 Å². The highest BCUT2D eigenvalue weighted by molar-refractivity contribution is 5.45. The quantitative estimate of drug-likeness (QED) is 0.855. The van der Waals surface area contributed by atoms with Crippen LogP contribution in [0, 0.1) is 24.4 Å². The molecule has 18 heavy (non-hydrogen) atoms. The van der Waals surface area contributed by atoms with E-state index in [4.69, 9.17) is 0 Å². The molecule has 96 valence electrons. The monoisotopic (exact) mass is 255 g/mol. The van der Waals surface area contributed by atoms with Crippen LogP contribution in [0.1, 0.15) is 11.4 Å². The maximum Gasteiger partial charge on any atom is 0.161 e. The predicted molar refractivity (Wildman–Crippen MR) is 61.6 cm³/mol. The molecule has 0 spiro atoms. The molecule has 2 aromatic rings. The summed E-state index contributed by atoms with van der Waals surface area (Å²) in [6, 6.07) is 3.14. The van der Waals surface area contributed by atoms with Crippen molar-refractivity contribution in [2.45, 2.75) is 13.5 Å².